The van der Waals surface area contributed by atoms with Gasteiger partial charge >= 0.3 is 60.8 Å². The summed E-state index contributed by atoms with van der Waals surface area (Å²) in [5.41, 5.74) is 0. The van der Waals surface area contributed by atoms with E-state index in [0.717, 1.165) is 0 Å². The van der Waals surface area contributed by atoms with Gasteiger partial charge in [-0.1, -0.05) is 0 Å². The Morgan fingerprint density at radius 1 is 0.333 bits per heavy atom. The first kappa shape index (κ1) is 483. The Balaban J connectivity index is 0. The SMILES string of the molecule is O.O.O.O.O.O.O.O.[Ca+2].[Cl-].[Cl-].[Mg+2]. The largest absolute Gasteiger partial charge is 2.00 e. The second-order valence-corrected chi connectivity index (χ2v) is 0. The molecular weight excluding hydrogens is 263 g/mol. The molecule has 8 nitrogen and oxygen atoms in total. The summed E-state index contributed by atoms with van der Waals surface area (Å²) in [6.45, 7) is 0. The van der Waals surface area contributed by atoms with Crippen LogP contribution in [0.4, 0.5) is 0 Å². The molecule has 0 aliphatic carbocycles. The van der Waals surface area contributed by atoms with Crippen molar-refractivity contribution in [3.63, 3.8) is 0 Å². The molecule has 0 aliphatic heterocycles. The zero-order chi connectivity index (χ0) is 0. The minimum atomic E-state index is 0. The first-order valence-electron chi connectivity index (χ1n) is 0. The Hall–Kier alpha value is 2.29. The summed E-state index contributed by atoms with van der Waals surface area (Å²) in [5, 5.41) is 0. The van der Waals surface area contributed by atoms with Crippen molar-refractivity contribution in [2.75, 3.05) is 0 Å². The van der Waals surface area contributed by atoms with E-state index in [2.05, 4.69) is 0 Å². The molecule has 0 unspecified atom stereocenters. The Bertz CT molecular complexity index is 17.0. The van der Waals surface area contributed by atoms with Gasteiger partial charge in [0.25, 0.3) is 0 Å². The van der Waals surface area contributed by atoms with Crippen molar-refractivity contribution in [1.82, 2.24) is 0 Å². The van der Waals surface area contributed by atoms with Crippen LogP contribution in [0.15, 0.2) is 0 Å². The summed E-state index contributed by atoms with van der Waals surface area (Å²) in [7, 11) is 0. The van der Waals surface area contributed by atoms with E-state index < -0.39 is 0 Å². The molecule has 16 N–H and O–H groups in total. The maximum Gasteiger partial charge on any atom is 2.00 e. The summed E-state index contributed by atoms with van der Waals surface area (Å²) in [6, 6.07) is 0. The van der Waals surface area contributed by atoms with Crippen molar-refractivity contribution < 1.29 is 68.6 Å². The molecule has 0 aromatic heterocycles. The van der Waals surface area contributed by atoms with Gasteiger partial charge < -0.3 is 68.6 Å². The second-order valence-electron chi connectivity index (χ2n) is 0. The summed E-state index contributed by atoms with van der Waals surface area (Å²) in [4.78, 5) is 0. The third-order valence-corrected chi connectivity index (χ3v) is 0. The van der Waals surface area contributed by atoms with Crippen LogP contribution < -0.4 is 24.8 Å². The fraction of sp³-hybridized carbons (Fsp3) is 0. The van der Waals surface area contributed by atoms with Crippen molar-refractivity contribution >= 4 is 60.8 Å². The first-order chi connectivity index (χ1) is 0. The monoisotopic (exact) mass is 278 g/mol. The Morgan fingerprint density at radius 2 is 0.333 bits per heavy atom. The molecular formula is H16CaCl2MgO8+2. The van der Waals surface area contributed by atoms with Gasteiger partial charge in [-0.3, -0.25) is 0 Å². The maximum atomic E-state index is 0. The Kier molecular flexibility index (Phi) is 15400. The minimum Gasteiger partial charge on any atom is -1.00 e. The van der Waals surface area contributed by atoms with Crippen LogP contribution in [0, 0.1) is 0 Å². The molecule has 0 spiro atoms. The van der Waals surface area contributed by atoms with Crippen molar-refractivity contribution in [3.05, 3.63) is 0 Å². The van der Waals surface area contributed by atoms with Gasteiger partial charge in [0.05, 0.1) is 0 Å². The van der Waals surface area contributed by atoms with E-state index >= 15 is 0 Å². The smallest absolute Gasteiger partial charge is 1.00 e. The average molecular weight is 279 g/mol. The summed E-state index contributed by atoms with van der Waals surface area (Å²) in [6.07, 6.45) is 0. The predicted octanol–water partition coefficient (Wildman–Crippen LogP) is -13.4. The van der Waals surface area contributed by atoms with E-state index in [1.165, 1.54) is 0 Å². The van der Waals surface area contributed by atoms with E-state index in [1.54, 1.807) is 0 Å². The molecule has 0 rings (SSSR count). The molecule has 0 saturated heterocycles. The van der Waals surface area contributed by atoms with Crippen molar-refractivity contribution in [1.29, 1.82) is 0 Å². The minimum absolute atomic E-state index is 0. The normalized spacial score (nSPS) is 0. The molecule has 0 aromatic rings. The van der Waals surface area contributed by atoms with Gasteiger partial charge in [0.2, 0.25) is 0 Å². The molecule has 0 fully saturated rings. The standard InChI is InChI=1S/Ca.2ClH.Mg.8H2O/h;2*1H;;8*1H2/q+2;;;+2;;;;;;;;/p-2. The van der Waals surface area contributed by atoms with E-state index in [9.17, 15) is 0 Å². The van der Waals surface area contributed by atoms with E-state index in [-0.39, 0.29) is 129 Å². The van der Waals surface area contributed by atoms with Crippen LogP contribution in [-0.4, -0.2) is 105 Å². The van der Waals surface area contributed by atoms with Crippen LogP contribution in [0.2, 0.25) is 0 Å². The third-order valence-electron chi connectivity index (χ3n) is 0. The van der Waals surface area contributed by atoms with Gasteiger partial charge in [-0.05, 0) is 0 Å². The number of halogens is 2. The van der Waals surface area contributed by atoms with Crippen molar-refractivity contribution in [2.45, 2.75) is 0 Å². The van der Waals surface area contributed by atoms with Crippen LogP contribution in [0.3, 0.4) is 0 Å². The molecule has 0 radical (unpaired) electrons. The maximum absolute atomic E-state index is 0. The Morgan fingerprint density at radius 3 is 0.333 bits per heavy atom. The van der Waals surface area contributed by atoms with Crippen LogP contribution in [-0.2, 0) is 0 Å². The summed E-state index contributed by atoms with van der Waals surface area (Å²) in [5.74, 6) is 0. The third kappa shape index (κ3) is 299. The number of rotatable bonds is 0. The van der Waals surface area contributed by atoms with E-state index in [4.69, 9.17) is 0 Å². The van der Waals surface area contributed by atoms with E-state index in [0.29, 0.717) is 0 Å². The molecule has 0 aromatic carbocycles. The van der Waals surface area contributed by atoms with Gasteiger partial charge in [0.1, 0.15) is 0 Å². The molecule has 0 amide bonds. The van der Waals surface area contributed by atoms with Crippen LogP contribution in [0.1, 0.15) is 0 Å². The number of hydrogen-bond acceptors (Lipinski definition) is 0. The molecule has 12 heavy (non-hydrogen) atoms. The quantitative estimate of drug-likeness (QED) is 0.374. The molecule has 0 aliphatic rings. The van der Waals surface area contributed by atoms with Gasteiger partial charge in [-0.2, -0.15) is 0 Å². The molecule has 0 bridgehead atoms. The fourth-order valence-corrected chi connectivity index (χ4v) is 0. The zero-order valence-corrected chi connectivity index (χ0v) is 11.3. The predicted molar refractivity (Wildman–Crippen MR) is 40.4 cm³/mol. The van der Waals surface area contributed by atoms with Gasteiger partial charge in [0.15, 0.2) is 0 Å². The molecule has 0 saturated carbocycles. The fourth-order valence-electron chi connectivity index (χ4n) is 0. The molecule has 0 atom stereocenters. The topological polar surface area (TPSA) is 252 Å². The Labute approximate surface area is 128 Å². The van der Waals surface area contributed by atoms with Crippen molar-refractivity contribution in [3.8, 4) is 0 Å². The summed E-state index contributed by atoms with van der Waals surface area (Å²) < 4.78 is 0. The van der Waals surface area contributed by atoms with Crippen LogP contribution in [0.5, 0.6) is 0 Å². The number of hydrogen-bond donors (Lipinski definition) is 0. The second kappa shape index (κ2) is 384. The van der Waals surface area contributed by atoms with Gasteiger partial charge in [-0.25, -0.2) is 0 Å². The average Bonchev–Trinajstić information content (AvgIpc) is 0. The van der Waals surface area contributed by atoms with Gasteiger partial charge in [-0.15, -0.1) is 0 Å². The van der Waals surface area contributed by atoms with E-state index in [1.807, 2.05) is 0 Å². The van der Waals surface area contributed by atoms with Gasteiger partial charge in [0, 0.05) is 0 Å². The van der Waals surface area contributed by atoms with Crippen LogP contribution in [0.25, 0.3) is 0 Å². The van der Waals surface area contributed by atoms with Crippen molar-refractivity contribution in [2.24, 2.45) is 0 Å². The summed E-state index contributed by atoms with van der Waals surface area (Å²) >= 11 is 0. The first-order valence-corrected chi connectivity index (χ1v) is 0. The van der Waals surface area contributed by atoms with Crippen LogP contribution >= 0.6 is 0 Å². The molecule has 0 heterocycles. The molecule has 12 heteroatoms. The zero-order valence-electron chi connectivity index (χ0n) is 6.17. The molecule has 80 valence electrons.